The first-order valence-corrected chi connectivity index (χ1v) is 12.5. The summed E-state index contributed by atoms with van der Waals surface area (Å²) >= 11 is 0. The number of aromatic nitrogens is 1. The SMILES string of the molecule is CN1CCc2ccc(NC(=O)c3cccc(CNC(=O)c4cccc(-c5ccncc5)c4)c3)cc2C1.CO. The molecule has 1 aliphatic heterocycles. The van der Waals surface area contributed by atoms with E-state index in [-0.39, 0.29) is 11.8 Å². The number of anilines is 1. The fourth-order valence-electron chi connectivity index (χ4n) is 4.47. The second-order valence-corrected chi connectivity index (χ2v) is 9.13. The van der Waals surface area contributed by atoms with E-state index in [0.29, 0.717) is 17.7 Å². The Morgan fingerprint density at radius 3 is 2.37 bits per heavy atom. The number of aliphatic hydroxyl groups is 1. The van der Waals surface area contributed by atoms with Gasteiger partial charge >= 0.3 is 0 Å². The Morgan fingerprint density at radius 1 is 0.842 bits per heavy atom. The predicted octanol–water partition coefficient (Wildman–Crippen LogP) is 4.53. The van der Waals surface area contributed by atoms with E-state index in [1.807, 2.05) is 54.6 Å². The van der Waals surface area contributed by atoms with Crippen molar-refractivity contribution in [3.63, 3.8) is 0 Å². The highest BCUT2D eigenvalue weighted by Crippen LogP contribution is 2.23. The monoisotopic (exact) mass is 508 g/mol. The van der Waals surface area contributed by atoms with Crippen molar-refractivity contribution in [2.75, 3.05) is 26.0 Å². The average molecular weight is 509 g/mol. The van der Waals surface area contributed by atoms with Crippen LogP contribution in [0, 0.1) is 0 Å². The number of rotatable bonds is 6. The fourth-order valence-corrected chi connectivity index (χ4v) is 4.47. The zero-order valence-electron chi connectivity index (χ0n) is 21.6. The molecule has 2 heterocycles. The number of fused-ring (bicyclic) bond motifs is 1. The van der Waals surface area contributed by atoms with Crippen LogP contribution in [0.3, 0.4) is 0 Å². The number of carbonyl (C=O) groups is 2. The van der Waals surface area contributed by atoms with Crippen LogP contribution in [0.2, 0.25) is 0 Å². The molecule has 0 unspecified atom stereocenters. The Morgan fingerprint density at radius 2 is 1.58 bits per heavy atom. The lowest BCUT2D eigenvalue weighted by Crippen LogP contribution is -2.26. The Labute approximate surface area is 223 Å². The summed E-state index contributed by atoms with van der Waals surface area (Å²) in [6.07, 6.45) is 4.49. The molecule has 2 amide bonds. The standard InChI is InChI=1S/C30H28N4O2.CH4O/c1-34-15-12-22-8-9-28(18-27(22)20-34)33-30(36)25-6-2-4-21(16-25)19-32-29(35)26-7-3-5-24(17-26)23-10-13-31-14-11-23;1-2/h2-11,13-14,16-18H,12,15,19-20H2,1H3,(H,32,35)(H,33,36);2H,1H3. The van der Waals surface area contributed by atoms with Gasteiger partial charge in [0.1, 0.15) is 0 Å². The molecule has 5 rings (SSSR count). The minimum Gasteiger partial charge on any atom is -0.400 e. The molecule has 0 saturated carbocycles. The first-order valence-electron chi connectivity index (χ1n) is 12.5. The number of hydrogen-bond acceptors (Lipinski definition) is 5. The molecule has 1 aromatic heterocycles. The largest absolute Gasteiger partial charge is 0.400 e. The predicted molar refractivity (Wildman–Crippen MR) is 150 cm³/mol. The summed E-state index contributed by atoms with van der Waals surface area (Å²) in [5.74, 6) is -0.336. The molecular weight excluding hydrogens is 476 g/mol. The van der Waals surface area contributed by atoms with Gasteiger partial charge in [-0.15, -0.1) is 0 Å². The van der Waals surface area contributed by atoms with Crippen LogP contribution < -0.4 is 10.6 Å². The summed E-state index contributed by atoms with van der Waals surface area (Å²) in [7, 11) is 3.11. The second kappa shape index (κ2) is 12.8. The van der Waals surface area contributed by atoms with Crippen LogP contribution >= 0.6 is 0 Å². The molecule has 0 saturated heterocycles. The van der Waals surface area contributed by atoms with Gasteiger partial charge in [-0.1, -0.05) is 30.3 Å². The molecule has 0 bridgehead atoms. The fraction of sp³-hybridized carbons (Fsp3) is 0.194. The van der Waals surface area contributed by atoms with Crippen molar-refractivity contribution in [1.29, 1.82) is 0 Å². The molecular formula is C31H32N4O3. The zero-order valence-corrected chi connectivity index (χ0v) is 21.6. The lowest BCUT2D eigenvalue weighted by Gasteiger charge is -2.25. The van der Waals surface area contributed by atoms with Gasteiger partial charge in [0.05, 0.1) is 0 Å². The van der Waals surface area contributed by atoms with Gasteiger partial charge < -0.3 is 20.6 Å². The maximum absolute atomic E-state index is 12.9. The highest BCUT2D eigenvalue weighted by molar-refractivity contribution is 6.04. The Kier molecular flexibility index (Phi) is 8.98. The highest BCUT2D eigenvalue weighted by atomic mass is 16.2. The number of nitrogens with one attached hydrogen (secondary N) is 2. The third-order valence-corrected chi connectivity index (χ3v) is 6.45. The lowest BCUT2D eigenvalue weighted by molar-refractivity contribution is 0.0950. The molecule has 0 spiro atoms. The maximum atomic E-state index is 12.9. The third-order valence-electron chi connectivity index (χ3n) is 6.45. The number of nitrogens with zero attached hydrogens (tertiary/aromatic N) is 2. The minimum atomic E-state index is -0.169. The van der Waals surface area contributed by atoms with Crippen molar-refractivity contribution in [3.05, 3.63) is 119 Å². The van der Waals surface area contributed by atoms with Gasteiger partial charge in [-0.25, -0.2) is 0 Å². The van der Waals surface area contributed by atoms with Crippen molar-refractivity contribution in [3.8, 4) is 11.1 Å². The van der Waals surface area contributed by atoms with Gasteiger partial charge in [0, 0.05) is 56.0 Å². The summed E-state index contributed by atoms with van der Waals surface area (Å²) in [5, 5.41) is 13.0. The van der Waals surface area contributed by atoms with Crippen LogP contribution in [-0.4, -0.2) is 47.5 Å². The molecule has 3 aromatic carbocycles. The van der Waals surface area contributed by atoms with Crippen molar-refractivity contribution in [1.82, 2.24) is 15.2 Å². The van der Waals surface area contributed by atoms with E-state index in [2.05, 4.69) is 39.7 Å². The number of carbonyl (C=O) groups excluding carboxylic acids is 2. The normalized spacial score (nSPS) is 12.5. The summed E-state index contributed by atoms with van der Waals surface area (Å²) in [4.78, 5) is 32.0. The van der Waals surface area contributed by atoms with Gasteiger partial charge in [0.15, 0.2) is 0 Å². The average Bonchev–Trinajstić information content (AvgIpc) is 2.97. The number of benzene rings is 3. The lowest BCUT2D eigenvalue weighted by atomic mass is 9.99. The Bertz CT molecular complexity index is 1410. The van der Waals surface area contributed by atoms with E-state index in [9.17, 15) is 9.59 Å². The second-order valence-electron chi connectivity index (χ2n) is 9.13. The van der Waals surface area contributed by atoms with E-state index >= 15 is 0 Å². The minimum absolute atomic E-state index is 0.167. The van der Waals surface area contributed by atoms with Gasteiger partial charge in [0.25, 0.3) is 11.8 Å². The zero-order chi connectivity index (χ0) is 26.9. The van der Waals surface area contributed by atoms with E-state index in [1.54, 1.807) is 24.5 Å². The molecule has 194 valence electrons. The van der Waals surface area contributed by atoms with Crippen molar-refractivity contribution >= 4 is 17.5 Å². The molecule has 3 N–H and O–H groups in total. The Balaban J connectivity index is 0.00000164. The maximum Gasteiger partial charge on any atom is 0.255 e. The summed E-state index contributed by atoms with van der Waals surface area (Å²) in [6.45, 7) is 2.27. The van der Waals surface area contributed by atoms with Crippen molar-refractivity contribution in [2.45, 2.75) is 19.5 Å². The Hall–Kier alpha value is -4.33. The molecule has 38 heavy (non-hydrogen) atoms. The molecule has 7 nitrogen and oxygen atoms in total. The first kappa shape index (κ1) is 26.7. The first-order chi connectivity index (χ1) is 18.5. The molecule has 0 atom stereocenters. The summed E-state index contributed by atoms with van der Waals surface area (Å²) < 4.78 is 0. The number of pyridine rings is 1. The van der Waals surface area contributed by atoms with Gasteiger partial charge in [0.2, 0.25) is 0 Å². The number of amides is 2. The number of likely N-dealkylation sites (N-methyl/N-ethyl adjacent to an activating group) is 1. The van der Waals surface area contributed by atoms with E-state index in [4.69, 9.17) is 5.11 Å². The van der Waals surface area contributed by atoms with Crippen LogP contribution in [0.4, 0.5) is 5.69 Å². The topological polar surface area (TPSA) is 94.6 Å². The summed E-state index contributed by atoms with van der Waals surface area (Å²) in [5.41, 5.74) is 7.34. The molecule has 4 aromatic rings. The molecule has 1 aliphatic rings. The molecule has 0 fully saturated rings. The van der Waals surface area contributed by atoms with E-state index in [0.717, 1.165) is 49.0 Å². The van der Waals surface area contributed by atoms with Gasteiger partial charge in [-0.05, 0) is 89.8 Å². The highest BCUT2D eigenvalue weighted by Gasteiger charge is 2.15. The van der Waals surface area contributed by atoms with Crippen LogP contribution in [0.15, 0.2) is 91.3 Å². The summed E-state index contributed by atoms with van der Waals surface area (Å²) in [6, 6.07) is 24.8. The smallest absolute Gasteiger partial charge is 0.255 e. The van der Waals surface area contributed by atoms with Crippen molar-refractivity contribution < 1.29 is 14.7 Å². The van der Waals surface area contributed by atoms with E-state index < -0.39 is 0 Å². The van der Waals surface area contributed by atoms with Gasteiger partial charge in [-0.3, -0.25) is 14.6 Å². The quantitative estimate of drug-likeness (QED) is 0.356. The third kappa shape index (κ3) is 6.70. The van der Waals surface area contributed by atoms with Crippen LogP contribution in [0.1, 0.15) is 37.4 Å². The van der Waals surface area contributed by atoms with Crippen LogP contribution in [0.25, 0.3) is 11.1 Å². The van der Waals surface area contributed by atoms with Crippen LogP contribution in [-0.2, 0) is 19.5 Å². The molecule has 0 aliphatic carbocycles. The van der Waals surface area contributed by atoms with Gasteiger partial charge in [-0.2, -0.15) is 0 Å². The van der Waals surface area contributed by atoms with Crippen molar-refractivity contribution in [2.24, 2.45) is 0 Å². The molecule has 7 heteroatoms. The van der Waals surface area contributed by atoms with E-state index in [1.165, 1.54) is 11.1 Å². The molecule has 0 radical (unpaired) electrons. The number of hydrogen-bond donors (Lipinski definition) is 3. The number of aliphatic hydroxyl groups excluding tert-OH is 1. The van der Waals surface area contributed by atoms with Crippen LogP contribution in [0.5, 0.6) is 0 Å².